The van der Waals surface area contributed by atoms with Gasteiger partial charge in [0.1, 0.15) is 5.69 Å². The summed E-state index contributed by atoms with van der Waals surface area (Å²) < 4.78 is 5.34. The number of nitrogens with zero attached hydrogens (tertiary/aromatic N) is 3. The van der Waals surface area contributed by atoms with Gasteiger partial charge in [-0.3, -0.25) is 4.98 Å². The highest BCUT2D eigenvalue weighted by atomic mass is 35.5. The van der Waals surface area contributed by atoms with Crippen molar-refractivity contribution in [2.24, 2.45) is 5.73 Å². The summed E-state index contributed by atoms with van der Waals surface area (Å²) in [5, 5.41) is 4.48. The predicted molar refractivity (Wildman–Crippen MR) is 71.7 cm³/mol. The third-order valence-corrected chi connectivity index (χ3v) is 3.85. The molecule has 1 aliphatic carbocycles. The monoisotopic (exact) mass is 278 g/mol. The van der Waals surface area contributed by atoms with E-state index < -0.39 is 0 Å². The van der Waals surface area contributed by atoms with Gasteiger partial charge in [-0.05, 0) is 25.0 Å². The van der Waals surface area contributed by atoms with Crippen LogP contribution in [-0.2, 0) is 0 Å². The predicted octanol–water partition coefficient (Wildman–Crippen LogP) is 2.77. The molecule has 0 radical (unpaired) electrons. The smallest absolute Gasteiger partial charge is 0.231 e. The Balaban J connectivity index is 1.89. The average Bonchev–Trinajstić information content (AvgIpc) is 2.89. The summed E-state index contributed by atoms with van der Waals surface area (Å²) >= 11 is 6.07. The van der Waals surface area contributed by atoms with Gasteiger partial charge in [0, 0.05) is 12.2 Å². The normalized spacial score (nSPS) is 23.5. The molecule has 0 bridgehead atoms. The number of hydrogen-bond acceptors (Lipinski definition) is 5. The molecule has 1 fully saturated rings. The van der Waals surface area contributed by atoms with E-state index in [2.05, 4.69) is 15.1 Å². The highest BCUT2D eigenvalue weighted by Crippen LogP contribution is 2.32. The SMILES string of the molecule is NC1CCCCC1c1nc(-c2ncccc2Cl)no1. The first-order valence-corrected chi connectivity index (χ1v) is 6.83. The molecule has 2 N–H and O–H groups in total. The van der Waals surface area contributed by atoms with Crippen LogP contribution in [0.4, 0.5) is 0 Å². The van der Waals surface area contributed by atoms with Crippen molar-refractivity contribution in [3.63, 3.8) is 0 Å². The molecule has 1 saturated carbocycles. The van der Waals surface area contributed by atoms with Gasteiger partial charge in [0.05, 0.1) is 10.9 Å². The zero-order valence-corrected chi connectivity index (χ0v) is 11.2. The number of pyridine rings is 1. The summed E-state index contributed by atoms with van der Waals surface area (Å²) in [5.74, 6) is 1.18. The zero-order valence-electron chi connectivity index (χ0n) is 10.4. The second-order valence-electron chi connectivity index (χ2n) is 4.84. The Bertz CT molecular complexity index is 571. The summed E-state index contributed by atoms with van der Waals surface area (Å²) in [6.07, 6.45) is 5.99. The van der Waals surface area contributed by atoms with Crippen molar-refractivity contribution in [1.82, 2.24) is 15.1 Å². The Morgan fingerprint density at radius 3 is 2.95 bits per heavy atom. The first-order valence-electron chi connectivity index (χ1n) is 6.46. The van der Waals surface area contributed by atoms with E-state index in [9.17, 15) is 0 Å². The van der Waals surface area contributed by atoms with E-state index in [1.165, 1.54) is 6.42 Å². The lowest BCUT2D eigenvalue weighted by atomic mass is 9.85. The van der Waals surface area contributed by atoms with Crippen molar-refractivity contribution < 1.29 is 4.52 Å². The van der Waals surface area contributed by atoms with Gasteiger partial charge in [-0.2, -0.15) is 4.98 Å². The second-order valence-corrected chi connectivity index (χ2v) is 5.25. The lowest BCUT2D eigenvalue weighted by Gasteiger charge is -2.25. The van der Waals surface area contributed by atoms with Crippen molar-refractivity contribution in [3.8, 4) is 11.5 Å². The molecule has 19 heavy (non-hydrogen) atoms. The van der Waals surface area contributed by atoms with E-state index in [0.717, 1.165) is 19.3 Å². The van der Waals surface area contributed by atoms with Crippen molar-refractivity contribution in [1.29, 1.82) is 0 Å². The largest absolute Gasteiger partial charge is 0.339 e. The molecule has 6 heteroatoms. The van der Waals surface area contributed by atoms with Crippen molar-refractivity contribution in [3.05, 3.63) is 29.2 Å². The van der Waals surface area contributed by atoms with Gasteiger partial charge in [0.2, 0.25) is 11.7 Å². The third-order valence-electron chi connectivity index (χ3n) is 3.55. The highest BCUT2D eigenvalue weighted by molar-refractivity contribution is 6.32. The number of hydrogen-bond donors (Lipinski definition) is 1. The van der Waals surface area contributed by atoms with Crippen LogP contribution < -0.4 is 5.73 Å². The molecule has 0 saturated heterocycles. The van der Waals surface area contributed by atoms with Gasteiger partial charge in [-0.25, -0.2) is 0 Å². The van der Waals surface area contributed by atoms with Crippen LogP contribution in [0.15, 0.2) is 22.9 Å². The van der Waals surface area contributed by atoms with E-state index in [1.54, 1.807) is 18.3 Å². The van der Waals surface area contributed by atoms with Crippen LogP contribution in [-0.4, -0.2) is 21.2 Å². The van der Waals surface area contributed by atoms with Gasteiger partial charge < -0.3 is 10.3 Å². The van der Waals surface area contributed by atoms with Crippen LogP contribution in [0.25, 0.3) is 11.5 Å². The molecule has 0 aliphatic heterocycles. The molecule has 2 atom stereocenters. The number of nitrogens with two attached hydrogens (primary N) is 1. The molecular formula is C13H15ClN4O. The molecule has 0 amide bonds. The minimum absolute atomic E-state index is 0.0984. The van der Waals surface area contributed by atoms with Gasteiger partial charge in [0.25, 0.3) is 0 Å². The first kappa shape index (κ1) is 12.6. The van der Waals surface area contributed by atoms with Gasteiger partial charge in [0.15, 0.2) is 0 Å². The molecular weight excluding hydrogens is 264 g/mol. The Labute approximate surface area is 116 Å². The van der Waals surface area contributed by atoms with Crippen molar-refractivity contribution >= 4 is 11.6 Å². The maximum absolute atomic E-state index is 6.12. The van der Waals surface area contributed by atoms with Crippen LogP contribution in [0.1, 0.15) is 37.5 Å². The molecule has 100 valence electrons. The van der Waals surface area contributed by atoms with E-state index in [-0.39, 0.29) is 12.0 Å². The molecule has 0 aromatic carbocycles. The fraction of sp³-hybridized carbons (Fsp3) is 0.462. The fourth-order valence-electron chi connectivity index (χ4n) is 2.50. The Morgan fingerprint density at radius 1 is 1.32 bits per heavy atom. The van der Waals surface area contributed by atoms with E-state index >= 15 is 0 Å². The Morgan fingerprint density at radius 2 is 2.16 bits per heavy atom. The van der Waals surface area contributed by atoms with Gasteiger partial charge in [-0.1, -0.05) is 29.6 Å². The molecule has 5 nitrogen and oxygen atoms in total. The number of aromatic nitrogens is 3. The van der Waals surface area contributed by atoms with Crippen molar-refractivity contribution in [2.45, 2.75) is 37.6 Å². The minimum Gasteiger partial charge on any atom is -0.339 e. The summed E-state index contributed by atoms with van der Waals surface area (Å²) in [6.45, 7) is 0. The summed E-state index contributed by atoms with van der Waals surface area (Å²) in [4.78, 5) is 8.59. The van der Waals surface area contributed by atoms with E-state index in [1.807, 2.05) is 0 Å². The number of rotatable bonds is 2. The van der Waals surface area contributed by atoms with Gasteiger partial charge >= 0.3 is 0 Å². The first-order chi connectivity index (χ1) is 9.25. The summed E-state index contributed by atoms with van der Waals surface area (Å²) in [6, 6.07) is 3.62. The van der Waals surface area contributed by atoms with Crippen molar-refractivity contribution in [2.75, 3.05) is 0 Å². The summed E-state index contributed by atoms with van der Waals surface area (Å²) in [7, 11) is 0. The van der Waals surface area contributed by atoms with Crippen LogP contribution in [0.2, 0.25) is 5.02 Å². The quantitative estimate of drug-likeness (QED) is 0.914. The van der Waals surface area contributed by atoms with Gasteiger partial charge in [-0.15, -0.1) is 0 Å². The molecule has 2 aromatic heterocycles. The van der Waals surface area contributed by atoms with Crippen LogP contribution in [0.5, 0.6) is 0 Å². The Hall–Kier alpha value is -1.46. The molecule has 2 aromatic rings. The highest BCUT2D eigenvalue weighted by Gasteiger charge is 2.28. The molecule has 2 heterocycles. The topological polar surface area (TPSA) is 77.8 Å². The lowest BCUT2D eigenvalue weighted by molar-refractivity contribution is 0.290. The lowest BCUT2D eigenvalue weighted by Crippen LogP contribution is -2.31. The summed E-state index contributed by atoms with van der Waals surface area (Å²) in [5.41, 5.74) is 6.66. The third kappa shape index (κ3) is 2.48. The standard InChI is InChI=1S/C13H15ClN4O/c14-9-5-3-7-16-11(9)12-17-13(19-18-12)8-4-1-2-6-10(8)15/h3,5,7-8,10H,1-2,4,6,15H2. The molecule has 2 unspecified atom stereocenters. The van der Waals surface area contributed by atoms with E-state index in [0.29, 0.717) is 22.4 Å². The average molecular weight is 279 g/mol. The van der Waals surface area contributed by atoms with Crippen LogP contribution in [0, 0.1) is 0 Å². The second kappa shape index (κ2) is 5.27. The molecule has 0 spiro atoms. The fourth-order valence-corrected chi connectivity index (χ4v) is 2.70. The Kier molecular flexibility index (Phi) is 3.48. The zero-order chi connectivity index (χ0) is 13.2. The van der Waals surface area contributed by atoms with Crippen LogP contribution >= 0.6 is 11.6 Å². The number of halogens is 1. The maximum Gasteiger partial charge on any atom is 0.231 e. The maximum atomic E-state index is 6.12. The van der Waals surface area contributed by atoms with Crippen LogP contribution in [0.3, 0.4) is 0 Å². The molecule has 3 rings (SSSR count). The van der Waals surface area contributed by atoms with E-state index in [4.69, 9.17) is 21.9 Å². The minimum atomic E-state index is 0.0984. The molecule has 1 aliphatic rings.